The number of aryl methyl sites for hydroxylation is 1. The van der Waals surface area contributed by atoms with Gasteiger partial charge in [0, 0.05) is 37.2 Å². The van der Waals surface area contributed by atoms with Crippen LogP contribution in [0.15, 0.2) is 47.5 Å². The zero-order valence-corrected chi connectivity index (χ0v) is 24.2. The van der Waals surface area contributed by atoms with E-state index in [-0.39, 0.29) is 17.6 Å². The highest BCUT2D eigenvalue weighted by molar-refractivity contribution is 5.81. The van der Waals surface area contributed by atoms with Crippen molar-refractivity contribution in [2.75, 3.05) is 32.5 Å². The van der Waals surface area contributed by atoms with E-state index in [1.807, 2.05) is 32.0 Å². The molecule has 0 bridgehead atoms. The minimum absolute atomic E-state index is 0.143. The number of carbonyl (C=O) groups is 1. The number of hydrogen-bond acceptors (Lipinski definition) is 7. The lowest BCUT2D eigenvalue weighted by Gasteiger charge is -2.30. The molecular formula is C30H41N7O2. The molecule has 1 saturated heterocycles. The average Bonchev–Trinajstić information content (AvgIpc) is 3.19. The van der Waals surface area contributed by atoms with Gasteiger partial charge in [0.15, 0.2) is 5.65 Å². The highest BCUT2D eigenvalue weighted by atomic mass is 16.1. The molecule has 0 saturated carbocycles. The molecule has 0 aliphatic carbocycles. The van der Waals surface area contributed by atoms with Gasteiger partial charge >= 0.3 is 0 Å². The molecule has 3 aromatic rings. The normalized spacial score (nSPS) is 15.7. The number of hydrogen-bond donors (Lipinski definition) is 1. The first-order chi connectivity index (χ1) is 18.6. The zero-order valence-electron chi connectivity index (χ0n) is 24.2. The Morgan fingerprint density at radius 3 is 2.51 bits per heavy atom. The molecule has 1 aromatic carbocycles. The lowest BCUT2D eigenvalue weighted by atomic mass is 9.87. The van der Waals surface area contributed by atoms with E-state index in [2.05, 4.69) is 61.2 Å². The summed E-state index contributed by atoms with van der Waals surface area (Å²) in [6, 6.07) is 6.51. The third-order valence-corrected chi connectivity index (χ3v) is 7.54. The maximum absolute atomic E-state index is 13.4. The van der Waals surface area contributed by atoms with Crippen LogP contribution in [0, 0.1) is 6.92 Å². The summed E-state index contributed by atoms with van der Waals surface area (Å²) in [6.07, 6.45) is 9.70. The fourth-order valence-electron chi connectivity index (χ4n) is 5.10. The molecule has 9 heteroatoms. The summed E-state index contributed by atoms with van der Waals surface area (Å²) in [5, 5.41) is 3.76. The van der Waals surface area contributed by atoms with Crippen LogP contribution in [0.3, 0.4) is 0 Å². The fraction of sp³-hybridized carbons (Fsp3) is 0.467. The number of likely N-dealkylation sites (tertiary alicyclic amines) is 1. The van der Waals surface area contributed by atoms with Gasteiger partial charge < -0.3 is 15.1 Å². The summed E-state index contributed by atoms with van der Waals surface area (Å²) >= 11 is 0. The fourth-order valence-corrected chi connectivity index (χ4v) is 5.10. The Morgan fingerprint density at radius 2 is 1.90 bits per heavy atom. The molecule has 2 aromatic heterocycles. The van der Waals surface area contributed by atoms with E-state index in [9.17, 15) is 9.59 Å². The van der Waals surface area contributed by atoms with E-state index in [4.69, 9.17) is 4.98 Å². The molecule has 1 aliphatic heterocycles. The second-order valence-corrected chi connectivity index (χ2v) is 11.1. The van der Waals surface area contributed by atoms with Gasteiger partial charge in [0.25, 0.3) is 5.56 Å². The molecule has 0 radical (unpaired) electrons. The SMILES string of the molecule is Cc1cc(Nc2ncc3c(=O)n(C(C)C)n(C(/C=C\C=O)=C/N(C)C(C)C)c3n2)ccc1C1CCN(C)CC1. The van der Waals surface area contributed by atoms with Crippen molar-refractivity contribution in [2.24, 2.45) is 0 Å². The minimum atomic E-state index is -0.178. The van der Waals surface area contributed by atoms with Gasteiger partial charge in [-0.1, -0.05) is 6.07 Å². The lowest BCUT2D eigenvalue weighted by Crippen LogP contribution is -2.29. The minimum Gasteiger partial charge on any atom is -0.376 e. The molecule has 0 spiro atoms. The first-order valence-electron chi connectivity index (χ1n) is 13.7. The lowest BCUT2D eigenvalue weighted by molar-refractivity contribution is -0.104. The van der Waals surface area contributed by atoms with E-state index in [0.29, 0.717) is 28.6 Å². The van der Waals surface area contributed by atoms with Gasteiger partial charge in [-0.3, -0.25) is 9.59 Å². The van der Waals surface area contributed by atoms with Crippen molar-refractivity contribution in [3.63, 3.8) is 0 Å². The molecule has 1 N–H and O–H groups in total. The van der Waals surface area contributed by atoms with Crippen molar-refractivity contribution < 1.29 is 4.79 Å². The van der Waals surface area contributed by atoms with Crippen molar-refractivity contribution in [3.05, 3.63) is 64.2 Å². The molecule has 1 fully saturated rings. The number of nitrogens with one attached hydrogen (secondary N) is 1. The number of aldehydes is 1. The molecule has 0 amide bonds. The van der Waals surface area contributed by atoms with E-state index in [1.165, 1.54) is 30.0 Å². The van der Waals surface area contributed by atoms with Crippen LogP contribution in [-0.2, 0) is 4.79 Å². The van der Waals surface area contributed by atoms with Crippen LogP contribution in [0.2, 0.25) is 0 Å². The number of rotatable bonds is 9. The maximum atomic E-state index is 13.4. The molecule has 0 unspecified atom stereocenters. The highest BCUT2D eigenvalue weighted by Gasteiger charge is 2.22. The smallest absolute Gasteiger partial charge is 0.278 e. The van der Waals surface area contributed by atoms with Gasteiger partial charge in [0.05, 0.1) is 5.70 Å². The van der Waals surface area contributed by atoms with Gasteiger partial charge in [-0.25, -0.2) is 14.3 Å². The summed E-state index contributed by atoms with van der Waals surface area (Å²) in [6.45, 7) is 12.5. The van der Waals surface area contributed by atoms with Gasteiger partial charge in [-0.2, -0.15) is 4.98 Å². The number of fused-ring (bicyclic) bond motifs is 1. The van der Waals surface area contributed by atoms with Crippen LogP contribution in [0.25, 0.3) is 16.7 Å². The van der Waals surface area contributed by atoms with Crippen LogP contribution in [-0.4, -0.2) is 68.6 Å². The second kappa shape index (κ2) is 12.0. The zero-order chi connectivity index (χ0) is 28.3. The van der Waals surface area contributed by atoms with Gasteiger partial charge in [-0.05, 0) is 109 Å². The number of piperidine rings is 1. The van der Waals surface area contributed by atoms with Gasteiger partial charge in [0.1, 0.15) is 11.7 Å². The van der Waals surface area contributed by atoms with Crippen LogP contribution >= 0.6 is 0 Å². The number of nitrogens with zero attached hydrogens (tertiary/aromatic N) is 6. The largest absolute Gasteiger partial charge is 0.376 e. The van der Waals surface area contributed by atoms with E-state index >= 15 is 0 Å². The number of aromatic nitrogens is 4. The third-order valence-electron chi connectivity index (χ3n) is 7.54. The predicted octanol–water partition coefficient (Wildman–Crippen LogP) is 4.93. The summed E-state index contributed by atoms with van der Waals surface area (Å²) < 4.78 is 3.43. The molecule has 0 atom stereocenters. The van der Waals surface area contributed by atoms with Gasteiger partial charge in [-0.15, -0.1) is 0 Å². The standard InChI is InChI=1S/C30H41N7O2/c1-20(2)35(7)19-25(9-8-16-38)37-28-27(29(39)36(37)21(3)4)18-31-30(33-28)32-24-10-11-26(22(5)17-24)23-12-14-34(6)15-13-23/h8-11,16-21,23H,12-15H2,1-7H3,(H,31,32,33)/b9-8-,25-19+. The van der Waals surface area contributed by atoms with Crippen LogP contribution in [0.4, 0.5) is 11.6 Å². The Morgan fingerprint density at radius 1 is 1.18 bits per heavy atom. The number of carbonyl (C=O) groups excluding carboxylic acids is 1. The Labute approximate surface area is 230 Å². The van der Waals surface area contributed by atoms with Crippen molar-refractivity contribution in [1.82, 2.24) is 29.1 Å². The first-order valence-corrected chi connectivity index (χ1v) is 13.7. The second-order valence-electron chi connectivity index (χ2n) is 11.1. The Hall–Kier alpha value is -3.72. The Kier molecular flexibility index (Phi) is 8.70. The molecule has 208 valence electrons. The summed E-state index contributed by atoms with van der Waals surface area (Å²) in [7, 11) is 4.14. The van der Waals surface area contributed by atoms with Crippen molar-refractivity contribution in [3.8, 4) is 0 Å². The predicted molar refractivity (Wildman–Crippen MR) is 158 cm³/mol. The molecular weight excluding hydrogens is 490 g/mol. The van der Waals surface area contributed by atoms with Crippen molar-refractivity contribution in [2.45, 2.75) is 65.5 Å². The maximum Gasteiger partial charge on any atom is 0.278 e. The summed E-state index contributed by atoms with van der Waals surface area (Å²) in [5.41, 5.74) is 4.50. The topological polar surface area (TPSA) is 88.3 Å². The summed E-state index contributed by atoms with van der Waals surface area (Å²) in [5.74, 6) is 0.987. The van der Waals surface area contributed by atoms with E-state index in [0.717, 1.165) is 25.1 Å². The summed E-state index contributed by atoms with van der Waals surface area (Å²) in [4.78, 5) is 38.3. The first kappa shape index (κ1) is 28.3. The van der Waals surface area contributed by atoms with Crippen molar-refractivity contribution >= 4 is 34.7 Å². The number of anilines is 2. The molecule has 39 heavy (non-hydrogen) atoms. The van der Waals surface area contributed by atoms with Crippen LogP contribution in [0.5, 0.6) is 0 Å². The number of allylic oxidation sites excluding steroid dienone is 3. The molecule has 9 nitrogen and oxygen atoms in total. The molecule has 3 heterocycles. The van der Waals surface area contributed by atoms with Crippen molar-refractivity contribution in [1.29, 1.82) is 0 Å². The highest BCUT2D eigenvalue weighted by Crippen LogP contribution is 2.31. The quantitative estimate of drug-likeness (QED) is 0.238. The molecule has 4 rings (SSSR count). The van der Waals surface area contributed by atoms with Crippen LogP contribution in [0.1, 0.15) is 63.6 Å². The Bertz CT molecular complexity index is 1440. The van der Waals surface area contributed by atoms with Gasteiger partial charge in [0.2, 0.25) is 5.95 Å². The molecule has 1 aliphatic rings. The van der Waals surface area contributed by atoms with E-state index in [1.54, 1.807) is 21.6 Å². The third kappa shape index (κ3) is 6.14. The number of benzene rings is 1. The average molecular weight is 532 g/mol. The van der Waals surface area contributed by atoms with E-state index < -0.39 is 0 Å². The monoisotopic (exact) mass is 531 g/mol. The van der Waals surface area contributed by atoms with Crippen LogP contribution < -0.4 is 10.9 Å². The Balaban J connectivity index is 1.75.